The number of aryl methyl sites for hydroxylation is 1. The number of rotatable bonds is 4. The third-order valence-corrected chi connectivity index (χ3v) is 4.16. The Morgan fingerprint density at radius 1 is 1.00 bits per heavy atom. The molecule has 19 heavy (non-hydrogen) atoms. The summed E-state index contributed by atoms with van der Waals surface area (Å²) < 4.78 is 0. The van der Waals surface area contributed by atoms with Crippen LogP contribution in [-0.4, -0.2) is 0 Å². The molecule has 1 unspecified atom stereocenters. The largest absolute Gasteiger partial charge is 0.324 e. The van der Waals surface area contributed by atoms with Gasteiger partial charge in [0.25, 0.3) is 0 Å². The Morgan fingerprint density at radius 2 is 1.68 bits per heavy atom. The van der Waals surface area contributed by atoms with Crippen LogP contribution < -0.4 is 5.73 Å². The van der Waals surface area contributed by atoms with E-state index < -0.39 is 0 Å². The van der Waals surface area contributed by atoms with Gasteiger partial charge >= 0.3 is 0 Å². The van der Waals surface area contributed by atoms with Crippen molar-refractivity contribution in [2.45, 2.75) is 25.8 Å². The predicted molar refractivity (Wildman–Crippen MR) is 82.9 cm³/mol. The highest BCUT2D eigenvalue weighted by Crippen LogP contribution is 2.29. The van der Waals surface area contributed by atoms with Crippen molar-refractivity contribution in [1.82, 2.24) is 0 Å². The van der Waals surface area contributed by atoms with E-state index in [2.05, 4.69) is 19.1 Å². The van der Waals surface area contributed by atoms with Crippen LogP contribution in [0.3, 0.4) is 0 Å². The fourth-order valence-corrected chi connectivity index (χ4v) is 2.67. The van der Waals surface area contributed by atoms with E-state index in [4.69, 9.17) is 28.9 Å². The van der Waals surface area contributed by atoms with E-state index >= 15 is 0 Å². The molecule has 0 aromatic heterocycles. The van der Waals surface area contributed by atoms with Gasteiger partial charge in [-0.05, 0) is 35.6 Å². The smallest absolute Gasteiger partial charge is 0.0624 e. The van der Waals surface area contributed by atoms with Crippen molar-refractivity contribution in [3.8, 4) is 0 Å². The maximum absolute atomic E-state index is 6.32. The van der Waals surface area contributed by atoms with Gasteiger partial charge in [-0.2, -0.15) is 0 Å². The summed E-state index contributed by atoms with van der Waals surface area (Å²) in [4.78, 5) is 0. The molecule has 1 nitrogen and oxygen atoms in total. The van der Waals surface area contributed by atoms with E-state index in [0.717, 1.165) is 12.0 Å². The molecule has 0 radical (unpaired) electrons. The summed E-state index contributed by atoms with van der Waals surface area (Å²) in [5.74, 6) is 0. The first kappa shape index (κ1) is 14.4. The van der Waals surface area contributed by atoms with Crippen LogP contribution in [0.5, 0.6) is 0 Å². The molecular weight excluding hydrogens is 277 g/mol. The number of nitrogens with two attached hydrogens (primary N) is 1. The first-order valence-corrected chi connectivity index (χ1v) is 7.15. The van der Waals surface area contributed by atoms with Gasteiger partial charge in [0.15, 0.2) is 0 Å². The molecule has 0 amide bonds. The minimum Gasteiger partial charge on any atom is -0.324 e. The molecule has 0 saturated carbocycles. The second-order valence-corrected chi connectivity index (χ2v) is 5.36. The van der Waals surface area contributed by atoms with Crippen LogP contribution in [0.4, 0.5) is 0 Å². The fraction of sp³-hybridized carbons (Fsp3) is 0.250. The van der Waals surface area contributed by atoms with Gasteiger partial charge in [-0.15, -0.1) is 0 Å². The molecular formula is C16H17Cl2N. The normalized spacial score (nSPS) is 12.4. The summed E-state index contributed by atoms with van der Waals surface area (Å²) in [7, 11) is 0. The molecule has 0 spiro atoms. The van der Waals surface area contributed by atoms with Gasteiger partial charge in [-0.3, -0.25) is 0 Å². The van der Waals surface area contributed by atoms with E-state index in [1.165, 1.54) is 11.1 Å². The Labute approximate surface area is 124 Å². The van der Waals surface area contributed by atoms with Crippen molar-refractivity contribution in [3.63, 3.8) is 0 Å². The average molecular weight is 294 g/mol. The molecule has 0 aliphatic carbocycles. The molecule has 0 bridgehead atoms. The van der Waals surface area contributed by atoms with Gasteiger partial charge in [0, 0.05) is 6.04 Å². The molecule has 0 saturated heterocycles. The fourth-order valence-electron chi connectivity index (χ4n) is 2.27. The lowest BCUT2D eigenvalue weighted by Crippen LogP contribution is -2.15. The summed E-state index contributed by atoms with van der Waals surface area (Å²) in [5.41, 5.74) is 9.78. The molecule has 2 aromatic carbocycles. The van der Waals surface area contributed by atoms with Crippen molar-refractivity contribution >= 4 is 23.2 Å². The predicted octanol–water partition coefficient (Wildman–Crippen LogP) is 4.80. The van der Waals surface area contributed by atoms with Crippen molar-refractivity contribution in [2.24, 2.45) is 5.73 Å². The zero-order valence-corrected chi connectivity index (χ0v) is 12.4. The summed E-state index contributed by atoms with van der Waals surface area (Å²) in [6.45, 7) is 2.14. The molecule has 2 aromatic rings. The van der Waals surface area contributed by atoms with E-state index in [-0.39, 0.29) is 6.04 Å². The standard InChI is InChI=1S/C16H17Cl2N/c1-2-11-6-3-4-8-13(11)15(19)10-12-7-5-9-14(17)16(12)18/h3-9,15H,2,10,19H2,1H3. The molecule has 1 atom stereocenters. The Hall–Kier alpha value is -1.02. The maximum Gasteiger partial charge on any atom is 0.0624 e. The first-order valence-electron chi connectivity index (χ1n) is 6.39. The molecule has 0 heterocycles. The van der Waals surface area contributed by atoms with Crippen LogP contribution >= 0.6 is 23.2 Å². The van der Waals surface area contributed by atoms with Gasteiger partial charge in [0.1, 0.15) is 0 Å². The monoisotopic (exact) mass is 293 g/mol. The van der Waals surface area contributed by atoms with Gasteiger partial charge in [-0.1, -0.05) is 66.5 Å². The topological polar surface area (TPSA) is 26.0 Å². The Kier molecular flexibility index (Phi) is 4.87. The summed E-state index contributed by atoms with van der Waals surface area (Å²) in [6.07, 6.45) is 1.67. The van der Waals surface area contributed by atoms with E-state index in [0.29, 0.717) is 16.5 Å². The van der Waals surface area contributed by atoms with Crippen LogP contribution in [0.1, 0.15) is 29.7 Å². The van der Waals surface area contributed by atoms with E-state index in [9.17, 15) is 0 Å². The minimum atomic E-state index is -0.0629. The highest BCUT2D eigenvalue weighted by atomic mass is 35.5. The van der Waals surface area contributed by atoms with Gasteiger partial charge in [0.2, 0.25) is 0 Å². The van der Waals surface area contributed by atoms with Crippen LogP contribution in [-0.2, 0) is 12.8 Å². The van der Waals surface area contributed by atoms with Gasteiger partial charge < -0.3 is 5.73 Å². The quantitative estimate of drug-likeness (QED) is 0.861. The van der Waals surface area contributed by atoms with Crippen molar-refractivity contribution in [3.05, 3.63) is 69.2 Å². The van der Waals surface area contributed by atoms with Crippen molar-refractivity contribution in [1.29, 1.82) is 0 Å². The molecule has 0 aliphatic heterocycles. The van der Waals surface area contributed by atoms with Gasteiger partial charge in [-0.25, -0.2) is 0 Å². The molecule has 2 N–H and O–H groups in total. The van der Waals surface area contributed by atoms with Crippen LogP contribution in [0.25, 0.3) is 0 Å². The Balaban J connectivity index is 2.26. The SMILES string of the molecule is CCc1ccccc1C(N)Cc1cccc(Cl)c1Cl. The van der Waals surface area contributed by atoms with E-state index in [1.807, 2.05) is 24.3 Å². The number of halogens is 2. The molecule has 0 fully saturated rings. The molecule has 2 rings (SSSR count). The average Bonchev–Trinajstić information content (AvgIpc) is 2.43. The van der Waals surface area contributed by atoms with Crippen LogP contribution in [0.2, 0.25) is 10.0 Å². The second kappa shape index (κ2) is 6.42. The summed E-state index contributed by atoms with van der Waals surface area (Å²) in [5, 5.41) is 1.18. The zero-order valence-electron chi connectivity index (χ0n) is 10.9. The molecule has 3 heteroatoms. The molecule has 0 aliphatic rings. The van der Waals surface area contributed by atoms with Gasteiger partial charge in [0.05, 0.1) is 10.0 Å². The minimum absolute atomic E-state index is 0.0629. The molecule has 100 valence electrons. The lowest BCUT2D eigenvalue weighted by molar-refractivity contribution is 0.712. The van der Waals surface area contributed by atoms with Crippen molar-refractivity contribution < 1.29 is 0 Å². The lowest BCUT2D eigenvalue weighted by Gasteiger charge is -2.17. The second-order valence-electron chi connectivity index (χ2n) is 4.58. The lowest BCUT2D eigenvalue weighted by atomic mass is 9.94. The maximum atomic E-state index is 6.32. The third-order valence-electron chi connectivity index (χ3n) is 3.31. The third kappa shape index (κ3) is 3.30. The Morgan fingerprint density at radius 3 is 2.42 bits per heavy atom. The summed E-state index contributed by atoms with van der Waals surface area (Å²) >= 11 is 12.2. The number of benzene rings is 2. The number of hydrogen-bond acceptors (Lipinski definition) is 1. The van der Waals surface area contributed by atoms with Crippen LogP contribution in [0.15, 0.2) is 42.5 Å². The highest BCUT2D eigenvalue weighted by molar-refractivity contribution is 6.42. The number of hydrogen-bond donors (Lipinski definition) is 1. The highest BCUT2D eigenvalue weighted by Gasteiger charge is 2.13. The zero-order chi connectivity index (χ0) is 13.8. The summed E-state index contributed by atoms with van der Waals surface area (Å²) in [6, 6.07) is 13.9. The van der Waals surface area contributed by atoms with E-state index in [1.54, 1.807) is 6.07 Å². The van der Waals surface area contributed by atoms with Crippen molar-refractivity contribution in [2.75, 3.05) is 0 Å². The Bertz CT molecular complexity index is 566. The van der Waals surface area contributed by atoms with Crippen LogP contribution in [0, 0.1) is 0 Å². The first-order chi connectivity index (χ1) is 9.13.